The lowest BCUT2D eigenvalue weighted by atomic mass is 10.2. The van der Waals surface area contributed by atoms with Crippen LogP contribution >= 0.6 is 23.4 Å². The lowest BCUT2D eigenvalue weighted by Gasteiger charge is -2.18. The molecule has 1 aliphatic rings. The fourth-order valence-corrected chi connectivity index (χ4v) is 3.78. The minimum Gasteiger partial charge on any atom is -0.489 e. The van der Waals surface area contributed by atoms with Crippen LogP contribution in [-0.4, -0.2) is 35.2 Å². The maximum absolute atomic E-state index is 12.5. The second-order valence-corrected chi connectivity index (χ2v) is 7.60. The summed E-state index contributed by atoms with van der Waals surface area (Å²) in [5, 5.41) is 0.139. The van der Waals surface area contributed by atoms with Crippen LogP contribution in [0.5, 0.6) is 5.75 Å². The zero-order chi connectivity index (χ0) is 21.0. The summed E-state index contributed by atoms with van der Waals surface area (Å²) < 4.78 is 10.3. The van der Waals surface area contributed by atoms with E-state index in [1.807, 2.05) is 18.2 Å². The van der Waals surface area contributed by atoms with E-state index in [0.29, 0.717) is 17.4 Å². The predicted octanol–water partition coefficient (Wildman–Crippen LogP) is 4.52. The first-order valence-electron chi connectivity index (χ1n) is 8.72. The molecule has 0 aromatic heterocycles. The first kappa shape index (κ1) is 21.0. The third-order valence-electron chi connectivity index (χ3n) is 4.28. The van der Waals surface area contributed by atoms with Gasteiger partial charge in [-0.2, -0.15) is 0 Å². The topological polar surface area (TPSA) is 72.9 Å². The van der Waals surface area contributed by atoms with Gasteiger partial charge in [-0.25, -0.2) is 4.79 Å². The molecule has 0 unspecified atom stereocenters. The molecule has 1 aliphatic heterocycles. The number of ether oxygens (including phenoxy) is 2. The van der Waals surface area contributed by atoms with Crippen molar-refractivity contribution in [2.75, 3.05) is 7.11 Å². The molecular formula is C21H18ClNO5S. The van der Waals surface area contributed by atoms with Gasteiger partial charge < -0.3 is 9.47 Å². The van der Waals surface area contributed by atoms with Crippen LogP contribution in [0, 0.1) is 0 Å². The molecule has 2 aromatic carbocycles. The number of imide groups is 1. The van der Waals surface area contributed by atoms with Crippen LogP contribution in [0.2, 0.25) is 5.02 Å². The molecule has 1 atom stereocenters. The molecule has 1 fully saturated rings. The molecule has 0 bridgehead atoms. The maximum atomic E-state index is 12.5. The smallest absolute Gasteiger partial charge is 0.328 e. The Hall–Kier alpha value is -2.77. The van der Waals surface area contributed by atoms with Gasteiger partial charge in [0.2, 0.25) is 0 Å². The van der Waals surface area contributed by atoms with Crippen LogP contribution in [-0.2, 0) is 20.9 Å². The zero-order valence-corrected chi connectivity index (χ0v) is 17.3. The molecule has 8 heteroatoms. The van der Waals surface area contributed by atoms with Gasteiger partial charge in [-0.1, -0.05) is 41.9 Å². The Morgan fingerprint density at radius 2 is 1.86 bits per heavy atom. The van der Waals surface area contributed by atoms with Gasteiger partial charge in [0.15, 0.2) is 0 Å². The van der Waals surface area contributed by atoms with Gasteiger partial charge in [-0.05, 0) is 48.5 Å². The third-order valence-corrected chi connectivity index (χ3v) is 5.54. The zero-order valence-electron chi connectivity index (χ0n) is 15.8. The standard InChI is InChI=1S/C21H18ClNO5S/c1-13(20(25)27-2)23-19(24)18(29-21(23)26)11-14-7-9-16(10-8-14)28-12-15-5-3-4-6-17(15)22/h3-11,13H,12H2,1-2H3/b18-11+/t13-/m1/s1. The van der Waals surface area contributed by atoms with E-state index < -0.39 is 23.2 Å². The molecule has 3 rings (SSSR count). The Labute approximate surface area is 177 Å². The molecule has 1 saturated heterocycles. The normalized spacial score (nSPS) is 16.2. The average molecular weight is 432 g/mol. The summed E-state index contributed by atoms with van der Waals surface area (Å²) in [6.45, 7) is 1.79. The van der Waals surface area contributed by atoms with Crippen molar-refractivity contribution >= 4 is 46.6 Å². The van der Waals surface area contributed by atoms with E-state index in [-0.39, 0.29) is 4.91 Å². The summed E-state index contributed by atoms with van der Waals surface area (Å²) in [6, 6.07) is 13.6. The number of methoxy groups -OCH3 is 1. The van der Waals surface area contributed by atoms with E-state index >= 15 is 0 Å². The summed E-state index contributed by atoms with van der Waals surface area (Å²) in [6.07, 6.45) is 1.60. The van der Waals surface area contributed by atoms with Gasteiger partial charge >= 0.3 is 5.97 Å². The van der Waals surface area contributed by atoms with Gasteiger partial charge in [0.05, 0.1) is 12.0 Å². The van der Waals surface area contributed by atoms with E-state index in [2.05, 4.69) is 4.74 Å². The maximum Gasteiger partial charge on any atom is 0.328 e. The van der Waals surface area contributed by atoms with Gasteiger partial charge in [0.25, 0.3) is 11.1 Å². The van der Waals surface area contributed by atoms with E-state index in [0.717, 1.165) is 27.8 Å². The van der Waals surface area contributed by atoms with Crippen molar-refractivity contribution in [2.45, 2.75) is 19.6 Å². The summed E-state index contributed by atoms with van der Waals surface area (Å²) in [4.78, 5) is 37.5. The van der Waals surface area contributed by atoms with E-state index in [4.69, 9.17) is 16.3 Å². The van der Waals surface area contributed by atoms with E-state index in [1.165, 1.54) is 14.0 Å². The summed E-state index contributed by atoms with van der Waals surface area (Å²) in [5.74, 6) is -0.514. The van der Waals surface area contributed by atoms with Crippen LogP contribution in [0.4, 0.5) is 4.79 Å². The highest BCUT2D eigenvalue weighted by Crippen LogP contribution is 2.34. The van der Waals surface area contributed by atoms with Crippen LogP contribution < -0.4 is 4.74 Å². The van der Waals surface area contributed by atoms with Crippen molar-refractivity contribution in [2.24, 2.45) is 0 Å². The average Bonchev–Trinajstić information content (AvgIpc) is 3.00. The second-order valence-electron chi connectivity index (χ2n) is 6.20. The number of hydrogen-bond donors (Lipinski definition) is 0. The highest BCUT2D eigenvalue weighted by atomic mass is 35.5. The molecular weight excluding hydrogens is 414 g/mol. The molecule has 150 valence electrons. The van der Waals surface area contributed by atoms with Crippen LogP contribution in [0.3, 0.4) is 0 Å². The summed E-state index contributed by atoms with van der Waals surface area (Å²) in [7, 11) is 1.21. The second kappa shape index (κ2) is 9.15. The van der Waals surface area contributed by atoms with Gasteiger partial charge in [0, 0.05) is 10.6 Å². The SMILES string of the molecule is COC(=O)[C@@H](C)N1C(=O)S/C(=C/c2ccc(OCc3ccccc3Cl)cc2)C1=O. The molecule has 2 amide bonds. The largest absolute Gasteiger partial charge is 0.489 e. The summed E-state index contributed by atoms with van der Waals surface area (Å²) in [5.41, 5.74) is 1.61. The number of carbonyl (C=O) groups is 3. The number of nitrogens with zero attached hydrogens (tertiary/aromatic N) is 1. The van der Waals surface area contributed by atoms with Crippen LogP contribution in [0.25, 0.3) is 6.08 Å². The quantitative estimate of drug-likeness (QED) is 0.494. The third kappa shape index (κ3) is 4.81. The van der Waals surface area contributed by atoms with Crippen LogP contribution in [0.1, 0.15) is 18.1 Å². The summed E-state index contributed by atoms with van der Waals surface area (Å²) >= 11 is 6.91. The molecule has 0 radical (unpaired) electrons. The lowest BCUT2D eigenvalue weighted by Crippen LogP contribution is -2.42. The van der Waals surface area contributed by atoms with E-state index in [9.17, 15) is 14.4 Å². The van der Waals surface area contributed by atoms with Gasteiger partial charge in [-0.3, -0.25) is 14.5 Å². The highest BCUT2D eigenvalue weighted by Gasteiger charge is 2.41. The molecule has 0 saturated carbocycles. The number of carbonyl (C=O) groups excluding carboxylic acids is 3. The Morgan fingerprint density at radius 3 is 2.52 bits per heavy atom. The molecule has 29 heavy (non-hydrogen) atoms. The van der Waals surface area contributed by atoms with E-state index in [1.54, 1.807) is 36.4 Å². The highest BCUT2D eigenvalue weighted by molar-refractivity contribution is 8.18. The molecule has 0 spiro atoms. The molecule has 6 nitrogen and oxygen atoms in total. The number of halogens is 1. The molecule has 0 aliphatic carbocycles. The van der Waals surface area contributed by atoms with Crippen LogP contribution in [0.15, 0.2) is 53.4 Å². The predicted molar refractivity (Wildman–Crippen MR) is 112 cm³/mol. The van der Waals surface area contributed by atoms with Crippen molar-refractivity contribution in [3.05, 3.63) is 69.6 Å². The number of thioether (sulfide) groups is 1. The van der Waals surface area contributed by atoms with Crippen molar-refractivity contribution in [3.63, 3.8) is 0 Å². The molecule has 2 aromatic rings. The number of amides is 2. The Balaban J connectivity index is 1.68. The van der Waals surface area contributed by atoms with Crippen molar-refractivity contribution in [3.8, 4) is 5.75 Å². The number of benzene rings is 2. The first-order valence-corrected chi connectivity index (χ1v) is 9.91. The fraction of sp³-hybridized carbons (Fsp3) is 0.190. The first-order chi connectivity index (χ1) is 13.9. The minimum absolute atomic E-state index is 0.246. The molecule has 0 N–H and O–H groups in total. The fourth-order valence-electron chi connectivity index (χ4n) is 2.68. The van der Waals surface area contributed by atoms with Crippen molar-refractivity contribution < 1.29 is 23.9 Å². The lowest BCUT2D eigenvalue weighted by molar-refractivity contribution is -0.148. The van der Waals surface area contributed by atoms with Crippen molar-refractivity contribution in [1.29, 1.82) is 0 Å². The van der Waals surface area contributed by atoms with Gasteiger partial charge in [0.1, 0.15) is 18.4 Å². The van der Waals surface area contributed by atoms with Crippen molar-refractivity contribution in [1.82, 2.24) is 4.90 Å². The monoisotopic (exact) mass is 431 g/mol. The molecule has 1 heterocycles. The van der Waals surface area contributed by atoms with Gasteiger partial charge in [-0.15, -0.1) is 0 Å². The Bertz CT molecular complexity index is 973. The number of hydrogen-bond acceptors (Lipinski definition) is 6. The Morgan fingerprint density at radius 1 is 1.17 bits per heavy atom. The Kier molecular flexibility index (Phi) is 6.61. The number of rotatable bonds is 6. The minimum atomic E-state index is -0.973. The number of esters is 1.